The number of phosphoric acid groups is 1. The highest BCUT2D eigenvalue weighted by molar-refractivity contribution is 7.47. The van der Waals surface area contributed by atoms with Crippen LogP contribution < -0.4 is 5.73 Å². The summed E-state index contributed by atoms with van der Waals surface area (Å²) >= 11 is 0. The monoisotopic (exact) mass is 994 g/mol. The first-order chi connectivity index (χ1) is 34.3. The highest BCUT2D eigenvalue weighted by Crippen LogP contribution is 2.43. The molecule has 3 N–H and O–H groups in total. The van der Waals surface area contributed by atoms with Crippen LogP contribution in [0.25, 0.3) is 0 Å². The van der Waals surface area contributed by atoms with E-state index in [1.165, 1.54) is 57.8 Å². The zero-order chi connectivity index (χ0) is 51.0. The zero-order valence-electron chi connectivity index (χ0n) is 44.2. The summed E-state index contributed by atoms with van der Waals surface area (Å²) in [5.74, 6) is -0.851. The van der Waals surface area contributed by atoms with Gasteiger partial charge in [0, 0.05) is 19.4 Å². The minimum Gasteiger partial charge on any atom is -0.462 e. The van der Waals surface area contributed by atoms with Gasteiger partial charge in [0.1, 0.15) is 6.61 Å². The molecule has 0 amide bonds. The van der Waals surface area contributed by atoms with Crippen molar-refractivity contribution in [3.05, 3.63) is 122 Å². The van der Waals surface area contributed by atoms with Gasteiger partial charge in [0.05, 0.1) is 13.2 Å². The van der Waals surface area contributed by atoms with E-state index in [4.69, 9.17) is 24.3 Å². The molecule has 398 valence electrons. The molecule has 0 aliphatic carbocycles. The van der Waals surface area contributed by atoms with Crippen molar-refractivity contribution in [3.8, 4) is 0 Å². The number of nitrogens with two attached hydrogens (primary N) is 1. The number of ether oxygens (including phenoxy) is 2. The SMILES string of the molecule is CC/C=C\C/C=C\C/C=C\C/C=C\C/C=C\C/C=C\C/C=C\C/C=C\C/C=C\C/C=C\CCCCCCCCC(=O)OC(COC(=O)CCCCCCCCCCCCCC)COP(=O)(O)OCCN. The van der Waals surface area contributed by atoms with Crippen LogP contribution in [0.2, 0.25) is 0 Å². The summed E-state index contributed by atoms with van der Waals surface area (Å²) in [6.45, 7) is 3.59. The number of esters is 2. The molecule has 0 spiro atoms. The lowest BCUT2D eigenvalue weighted by Gasteiger charge is -2.19. The maximum Gasteiger partial charge on any atom is 0.472 e. The first-order valence-corrected chi connectivity index (χ1v) is 29.0. The normalized spacial score (nSPS) is 14.1. The van der Waals surface area contributed by atoms with Gasteiger partial charge < -0.3 is 20.1 Å². The number of allylic oxidation sites excluding steroid dienone is 20. The molecular formula is C60H100NO8P. The van der Waals surface area contributed by atoms with E-state index in [0.29, 0.717) is 6.42 Å². The maximum absolute atomic E-state index is 12.7. The van der Waals surface area contributed by atoms with Gasteiger partial charge in [-0.05, 0) is 89.9 Å². The van der Waals surface area contributed by atoms with Crippen molar-refractivity contribution < 1.29 is 37.6 Å². The predicted molar refractivity (Wildman–Crippen MR) is 297 cm³/mol. The molecule has 0 aliphatic heterocycles. The summed E-state index contributed by atoms with van der Waals surface area (Å²) in [4.78, 5) is 35.0. The predicted octanol–water partition coefficient (Wildman–Crippen LogP) is 17.2. The molecule has 0 bridgehead atoms. The van der Waals surface area contributed by atoms with Gasteiger partial charge in [-0.1, -0.05) is 232 Å². The topological polar surface area (TPSA) is 134 Å². The second kappa shape index (κ2) is 54.7. The van der Waals surface area contributed by atoms with E-state index in [1.54, 1.807) is 0 Å². The van der Waals surface area contributed by atoms with Crippen molar-refractivity contribution in [1.29, 1.82) is 0 Å². The van der Waals surface area contributed by atoms with Gasteiger partial charge in [-0.25, -0.2) is 4.57 Å². The molecule has 2 atom stereocenters. The van der Waals surface area contributed by atoms with Crippen LogP contribution in [0.3, 0.4) is 0 Å². The van der Waals surface area contributed by atoms with Gasteiger partial charge in [0.25, 0.3) is 0 Å². The lowest BCUT2D eigenvalue weighted by molar-refractivity contribution is -0.161. The van der Waals surface area contributed by atoms with E-state index in [0.717, 1.165) is 122 Å². The quantitative estimate of drug-likeness (QED) is 0.0264. The van der Waals surface area contributed by atoms with Crippen LogP contribution in [-0.2, 0) is 32.7 Å². The highest BCUT2D eigenvalue weighted by Gasteiger charge is 2.26. The van der Waals surface area contributed by atoms with E-state index < -0.39 is 26.5 Å². The van der Waals surface area contributed by atoms with Gasteiger partial charge in [-0.15, -0.1) is 0 Å². The standard InChI is InChI=1S/C60H100NO8P/c1-3-5-7-9-11-13-15-17-18-19-20-21-22-23-24-25-26-27-28-29-30-31-32-33-34-35-36-37-38-39-40-41-43-45-47-49-51-53-60(63)69-58(57-68-70(64,65)67-55-54-61)56-66-59(62)52-50-48-46-44-42-16-14-12-10-8-6-4-2/h5,7,11,13,17-18,20-21,23-24,26-27,29-30,32-33,35-36,38-39,58H,3-4,6,8-10,12,14-16,19,22,25,28,31,34,37,40-57,61H2,1-2H3,(H,64,65)/b7-5-,13-11-,18-17-,21-20-,24-23-,27-26-,30-29-,33-32-,36-35-,39-38-. The smallest absolute Gasteiger partial charge is 0.462 e. The summed E-state index contributed by atoms with van der Waals surface area (Å²) < 4.78 is 32.9. The molecule has 0 aromatic heterocycles. The zero-order valence-corrected chi connectivity index (χ0v) is 45.1. The lowest BCUT2D eigenvalue weighted by Crippen LogP contribution is -2.29. The Morgan fingerprint density at radius 3 is 1.17 bits per heavy atom. The first-order valence-electron chi connectivity index (χ1n) is 27.5. The second-order valence-corrected chi connectivity index (χ2v) is 19.2. The fourth-order valence-corrected chi connectivity index (χ4v) is 7.84. The van der Waals surface area contributed by atoms with Crippen LogP contribution in [-0.4, -0.2) is 49.3 Å². The van der Waals surface area contributed by atoms with Crippen LogP contribution in [0.4, 0.5) is 0 Å². The molecule has 0 saturated carbocycles. The van der Waals surface area contributed by atoms with Crippen LogP contribution in [0.15, 0.2) is 122 Å². The number of carbonyl (C=O) groups excluding carboxylic acids is 2. The van der Waals surface area contributed by atoms with Crippen LogP contribution in [0, 0.1) is 0 Å². The van der Waals surface area contributed by atoms with Gasteiger partial charge >= 0.3 is 19.8 Å². The summed E-state index contributed by atoms with van der Waals surface area (Å²) in [6, 6.07) is 0. The Bertz CT molecular complexity index is 1550. The Kier molecular flexibility index (Phi) is 51.9. The number of hydrogen-bond acceptors (Lipinski definition) is 8. The summed E-state index contributed by atoms with van der Waals surface area (Å²) in [5, 5.41) is 0. The Morgan fingerprint density at radius 2 is 0.786 bits per heavy atom. The van der Waals surface area contributed by atoms with Crippen molar-refractivity contribution in [2.75, 3.05) is 26.4 Å². The van der Waals surface area contributed by atoms with Crippen molar-refractivity contribution in [1.82, 2.24) is 0 Å². The number of rotatable bonds is 50. The van der Waals surface area contributed by atoms with E-state index in [-0.39, 0.29) is 38.6 Å². The molecule has 9 nitrogen and oxygen atoms in total. The van der Waals surface area contributed by atoms with Crippen LogP contribution in [0.1, 0.15) is 213 Å². The molecule has 0 rings (SSSR count). The summed E-state index contributed by atoms with van der Waals surface area (Å²) in [6.07, 6.45) is 75.4. The van der Waals surface area contributed by atoms with E-state index >= 15 is 0 Å². The van der Waals surface area contributed by atoms with Gasteiger partial charge in [-0.2, -0.15) is 0 Å². The molecule has 70 heavy (non-hydrogen) atoms. The molecule has 0 aliphatic rings. The Morgan fingerprint density at radius 1 is 0.443 bits per heavy atom. The minimum atomic E-state index is -4.39. The third-order valence-corrected chi connectivity index (χ3v) is 12.1. The van der Waals surface area contributed by atoms with Crippen molar-refractivity contribution in [3.63, 3.8) is 0 Å². The van der Waals surface area contributed by atoms with Gasteiger partial charge in [0.2, 0.25) is 0 Å². The molecule has 0 aromatic carbocycles. The molecule has 10 heteroatoms. The number of phosphoric ester groups is 1. The molecule has 0 radical (unpaired) electrons. The van der Waals surface area contributed by atoms with Crippen molar-refractivity contribution in [2.45, 2.75) is 219 Å². The second-order valence-electron chi connectivity index (χ2n) is 17.7. The van der Waals surface area contributed by atoms with Crippen molar-refractivity contribution >= 4 is 19.8 Å². The lowest BCUT2D eigenvalue weighted by atomic mass is 10.0. The third-order valence-electron chi connectivity index (χ3n) is 11.1. The maximum atomic E-state index is 12.7. The van der Waals surface area contributed by atoms with Crippen molar-refractivity contribution in [2.24, 2.45) is 5.73 Å². The highest BCUT2D eigenvalue weighted by atomic mass is 31.2. The molecule has 0 aromatic rings. The average Bonchev–Trinajstić information content (AvgIpc) is 3.35. The first kappa shape index (κ1) is 66.4. The largest absolute Gasteiger partial charge is 0.472 e. The fourth-order valence-electron chi connectivity index (χ4n) is 7.07. The van der Waals surface area contributed by atoms with Crippen LogP contribution in [0.5, 0.6) is 0 Å². The molecule has 2 unspecified atom stereocenters. The van der Waals surface area contributed by atoms with Crippen LogP contribution >= 0.6 is 7.82 Å². The third kappa shape index (κ3) is 53.8. The molecular weight excluding hydrogens is 894 g/mol. The average molecular weight is 994 g/mol. The Hall–Kier alpha value is -3.59. The summed E-state index contributed by atoms with van der Waals surface area (Å²) in [5.41, 5.74) is 5.36. The fraction of sp³-hybridized carbons (Fsp3) is 0.633. The molecule has 0 heterocycles. The minimum absolute atomic E-state index is 0.0459. The number of hydrogen-bond donors (Lipinski definition) is 2. The summed E-state index contributed by atoms with van der Waals surface area (Å²) in [7, 11) is -4.39. The van der Waals surface area contributed by atoms with E-state index in [2.05, 4.69) is 135 Å². The van der Waals surface area contributed by atoms with Gasteiger partial charge in [-0.3, -0.25) is 18.6 Å². The molecule has 0 saturated heterocycles. The molecule has 0 fully saturated rings. The van der Waals surface area contributed by atoms with E-state index in [9.17, 15) is 19.0 Å². The van der Waals surface area contributed by atoms with Gasteiger partial charge in [0.15, 0.2) is 6.10 Å². The number of unbranched alkanes of at least 4 members (excludes halogenated alkanes) is 17. The number of carbonyl (C=O) groups is 2. The van der Waals surface area contributed by atoms with E-state index in [1.807, 2.05) is 0 Å². The Balaban J connectivity index is 4.03. The Labute approximate surface area is 428 Å².